The van der Waals surface area contributed by atoms with Crippen LogP contribution < -0.4 is 10.1 Å². The number of aromatic amines is 1. The van der Waals surface area contributed by atoms with Crippen molar-refractivity contribution in [1.29, 1.82) is 0 Å². The highest BCUT2D eigenvalue weighted by Gasteiger charge is 2.06. The summed E-state index contributed by atoms with van der Waals surface area (Å²) in [5.74, 6) is 1.75. The van der Waals surface area contributed by atoms with E-state index in [0.29, 0.717) is 11.6 Å². The first kappa shape index (κ1) is 16.1. The van der Waals surface area contributed by atoms with Crippen LogP contribution in [0.5, 0.6) is 5.75 Å². The number of nitrogens with zero attached hydrogens (tertiary/aromatic N) is 2. The Hall–Kier alpha value is -2.80. The zero-order valence-electron chi connectivity index (χ0n) is 13.0. The number of carbonyl (C=O) groups is 1. The molecule has 122 valence electrons. The number of H-pyrrole nitrogens is 1. The molecule has 0 bridgehead atoms. The highest BCUT2D eigenvalue weighted by Crippen LogP contribution is 2.23. The molecular weight excluding hydrogens is 324 g/mol. The molecule has 7 heteroatoms. The van der Waals surface area contributed by atoms with Crippen LogP contribution >= 0.6 is 11.8 Å². The maximum Gasteiger partial charge on any atom is 0.234 e. The highest BCUT2D eigenvalue weighted by atomic mass is 32.2. The Morgan fingerprint density at radius 3 is 2.79 bits per heavy atom. The molecule has 0 aliphatic carbocycles. The molecule has 2 N–H and O–H groups in total. The van der Waals surface area contributed by atoms with Crippen LogP contribution in [-0.4, -0.2) is 34.0 Å². The lowest BCUT2D eigenvalue weighted by molar-refractivity contribution is -0.113. The lowest BCUT2D eigenvalue weighted by atomic mass is 10.2. The number of aromatic nitrogens is 3. The second-order valence-corrected chi connectivity index (χ2v) is 5.98. The Kier molecular flexibility index (Phi) is 5.12. The second-order valence-electron chi connectivity index (χ2n) is 4.93. The first-order valence-electron chi connectivity index (χ1n) is 7.27. The smallest absolute Gasteiger partial charge is 0.234 e. The minimum atomic E-state index is -0.0600. The van der Waals surface area contributed by atoms with E-state index < -0.39 is 0 Å². The number of anilines is 1. The standard InChI is InChI=1S/C17H16N4O2S/c1-23-14-3-2-4-15(9-14)24-10-16(22)20-13-7-5-12(6-8-13)17-18-11-19-21-17/h2-9,11H,10H2,1H3,(H,20,22)(H,18,19,21). The van der Waals surface area contributed by atoms with Crippen LogP contribution in [0.25, 0.3) is 11.4 Å². The molecular formula is C17H16N4O2S. The molecule has 3 aromatic rings. The van der Waals surface area contributed by atoms with E-state index in [4.69, 9.17) is 4.74 Å². The first-order valence-corrected chi connectivity index (χ1v) is 8.25. The number of methoxy groups -OCH3 is 1. The summed E-state index contributed by atoms with van der Waals surface area (Å²) < 4.78 is 5.17. The van der Waals surface area contributed by atoms with Crippen LogP contribution in [0.15, 0.2) is 59.8 Å². The molecule has 24 heavy (non-hydrogen) atoms. The Bertz CT molecular complexity index is 804. The summed E-state index contributed by atoms with van der Waals surface area (Å²) in [7, 11) is 1.62. The van der Waals surface area contributed by atoms with Gasteiger partial charge in [0.15, 0.2) is 5.82 Å². The van der Waals surface area contributed by atoms with Gasteiger partial charge >= 0.3 is 0 Å². The van der Waals surface area contributed by atoms with E-state index in [0.717, 1.165) is 21.9 Å². The first-order chi connectivity index (χ1) is 11.7. The van der Waals surface area contributed by atoms with Crippen molar-refractivity contribution in [2.24, 2.45) is 0 Å². The number of carbonyl (C=O) groups excluding carboxylic acids is 1. The van der Waals surface area contributed by atoms with Crippen LogP contribution in [0.4, 0.5) is 5.69 Å². The van der Waals surface area contributed by atoms with E-state index >= 15 is 0 Å². The van der Waals surface area contributed by atoms with E-state index in [1.165, 1.54) is 18.1 Å². The van der Waals surface area contributed by atoms with Crippen LogP contribution in [0.2, 0.25) is 0 Å². The number of hydrogen-bond acceptors (Lipinski definition) is 5. The average molecular weight is 340 g/mol. The molecule has 0 spiro atoms. The van der Waals surface area contributed by atoms with Gasteiger partial charge in [0.05, 0.1) is 12.9 Å². The summed E-state index contributed by atoms with van der Waals surface area (Å²) in [6.45, 7) is 0. The van der Waals surface area contributed by atoms with Crippen molar-refractivity contribution in [2.45, 2.75) is 4.90 Å². The monoisotopic (exact) mass is 340 g/mol. The van der Waals surface area contributed by atoms with E-state index in [9.17, 15) is 4.79 Å². The normalized spacial score (nSPS) is 10.4. The molecule has 2 aromatic carbocycles. The fourth-order valence-corrected chi connectivity index (χ4v) is 2.84. The molecule has 1 amide bonds. The highest BCUT2D eigenvalue weighted by molar-refractivity contribution is 8.00. The van der Waals surface area contributed by atoms with Gasteiger partial charge in [0.1, 0.15) is 12.1 Å². The molecule has 0 saturated carbocycles. The third-order valence-corrected chi connectivity index (χ3v) is 4.26. The molecule has 0 aliphatic heterocycles. The van der Waals surface area contributed by atoms with Crippen molar-refractivity contribution in [3.8, 4) is 17.1 Å². The van der Waals surface area contributed by atoms with Gasteiger partial charge in [0.2, 0.25) is 5.91 Å². The van der Waals surface area contributed by atoms with Crippen LogP contribution in [0.1, 0.15) is 0 Å². The zero-order chi connectivity index (χ0) is 16.8. The fourth-order valence-electron chi connectivity index (χ4n) is 2.09. The van der Waals surface area contributed by atoms with Crippen molar-refractivity contribution in [1.82, 2.24) is 15.2 Å². The summed E-state index contributed by atoms with van der Waals surface area (Å²) in [5.41, 5.74) is 1.66. The molecule has 0 aliphatic rings. The molecule has 0 radical (unpaired) electrons. The zero-order valence-corrected chi connectivity index (χ0v) is 13.8. The van der Waals surface area contributed by atoms with E-state index in [1.54, 1.807) is 7.11 Å². The van der Waals surface area contributed by atoms with Crippen molar-refractivity contribution >= 4 is 23.4 Å². The number of thioether (sulfide) groups is 1. The van der Waals surface area contributed by atoms with Crippen molar-refractivity contribution in [3.05, 3.63) is 54.9 Å². The van der Waals surface area contributed by atoms with Crippen LogP contribution in [0, 0.1) is 0 Å². The van der Waals surface area contributed by atoms with Gasteiger partial charge in [-0.1, -0.05) is 6.07 Å². The predicted molar refractivity (Wildman–Crippen MR) is 94.2 cm³/mol. The van der Waals surface area contributed by atoms with E-state index in [1.807, 2.05) is 48.5 Å². The molecule has 1 aromatic heterocycles. The maximum atomic E-state index is 12.1. The van der Waals surface area contributed by atoms with Gasteiger partial charge in [0.25, 0.3) is 0 Å². The Morgan fingerprint density at radius 1 is 1.25 bits per heavy atom. The number of nitrogens with one attached hydrogen (secondary N) is 2. The number of hydrogen-bond donors (Lipinski definition) is 2. The van der Waals surface area contributed by atoms with Gasteiger partial charge in [0, 0.05) is 16.1 Å². The summed E-state index contributed by atoms with van der Waals surface area (Å²) in [4.78, 5) is 17.1. The molecule has 3 rings (SSSR count). The molecule has 0 fully saturated rings. The number of ether oxygens (including phenoxy) is 1. The van der Waals surface area contributed by atoms with Gasteiger partial charge in [-0.25, -0.2) is 4.98 Å². The Labute approximate surface area is 143 Å². The molecule has 0 atom stereocenters. The predicted octanol–water partition coefficient (Wildman–Crippen LogP) is 3.21. The quantitative estimate of drug-likeness (QED) is 0.674. The van der Waals surface area contributed by atoms with Crippen LogP contribution in [0.3, 0.4) is 0 Å². The van der Waals surface area contributed by atoms with Crippen molar-refractivity contribution < 1.29 is 9.53 Å². The Morgan fingerprint density at radius 2 is 2.08 bits per heavy atom. The Balaban J connectivity index is 1.54. The van der Waals surface area contributed by atoms with Gasteiger partial charge in [-0.15, -0.1) is 11.8 Å². The minimum absolute atomic E-state index is 0.0600. The van der Waals surface area contributed by atoms with Gasteiger partial charge in [-0.3, -0.25) is 9.89 Å². The molecule has 0 unspecified atom stereocenters. The van der Waals surface area contributed by atoms with Gasteiger partial charge in [-0.2, -0.15) is 5.10 Å². The second kappa shape index (κ2) is 7.65. The third kappa shape index (κ3) is 4.14. The fraction of sp³-hybridized carbons (Fsp3) is 0.118. The van der Waals surface area contributed by atoms with Crippen molar-refractivity contribution in [2.75, 3.05) is 18.2 Å². The van der Waals surface area contributed by atoms with E-state index in [-0.39, 0.29) is 5.91 Å². The molecule has 0 saturated heterocycles. The SMILES string of the molecule is COc1cccc(SCC(=O)Nc2ccc(-c3ncn[nH]3)cc2)c1. The summed E-state index contributed by atoms with van der Waals surface area (Å²) in [6.07, 6.45) is 1.46. The minimum Gasteiger partial charge on any atom is -0.497 e. The van der Waals surface area contributed by atoms with Crippen LogP contribution in [-0.2, 0) is 4.79 Å². The third-order valence-electron chi connectivity index (χ3n) is 3.27. The van der Waals surface area contributed by atoms with Gasteiger partial charge in [-0.05, 0) is 42.5 Å². The summed E-state index contributed by atoms with van der Waals surface area (Å²) in [6, 6.07) is 15.1. The maximum absolute atomic E-state index is 12.1. The lowest BCUT2D eigenvalue weighted by Gasteiger charge is -2.07. The number of benzene rings is 2. The average Bonchev–Trinajstić information content (AvgIpc) is 3.15. The van der Waals surface area contributed by atoms with Gasteiger partial charge < -0.3 is 10.1 Å². The summed E-state index contributed by atoms with van der Waals surface area (Å²) >= 11 is 1.46. The van der Waals surface area contributed by atoms with E-state index in [2.05, 4.69) is 20.5 Å². The number of amides is 1. The molecule has 6 nitrogen and oxygen atoms in total. The molecule has 1 heterocycles. The summed E-state index contributed by atoms with van der Waals surface area (Å²) in [5, 5.41) is 9.49. The van der Waals surface area contributed by atoms with Crippen molar-refractivity contribution in [3.63, 3.8) is 0 Å². The number of rotatable bonds is 6. The lowest BCUT2D eigenvalue weighted by Crippen LogP contribution is -2.13. The topological polar surface area (TPSA) is 79.9 Å². The largest absolute Gasteiger partial charge is 0.497 e.